The largest absolute Gasteiger partial charge is 0.514 e. The molecule has 3 rings (SSSR count). The highest BCUT2D eigenvalue weighted by Crippen LogP contribution is 2.25. The van der Waals surface area contributed by atoms with Gasteiger partial charge >= 0.3 is 11.8 Å². The standard InChI is InChI=1S/C20H16F2N2O11S2/c1-34-20(27)35-17-13(7-11-3-4-12(36(28,29)30)8-16(11)37(31,32)33)18(25)24(19(26)23-17)9-10-2-5-14(21)15(22)6-10/h2-6,8H,7,9H2,1H3,(H,23,26)(H,28,29,30)(H,31,32,33). The highest BCUT2D eigenvalue weighted by molar-refractivity contribution is 7.86. The number of benzene rings is 2. The van der Waals surface area contributed by atoms with E-state index in [-0.39, 0.29) is 5.56 Å². The van der Waals surface area contributed by atoms with E-state index in [1.807, 2.05) is 0 Å². The lowest BCUT2D eigenvalue weighted by molar-refractivity contribution is 0.119. The quantitative estimate of drug-likeness (QED) is 0.275. The Bertz CT molecular complexity index is 1730. The van der Waals surface area contributed by atoms with Crippen molar-refractivity contribution in [2.24, 2.45) is 0 Å². The summed E-state index contributed by atoms with van der Waals surface area (Å²) in [5, 5.41) is 0. The van der Waals surface area contributed by atoms with Crippen molar-refractivity contribution in [3.8, 4) is 5.88 Å². The molecule has 0 radical (unpaired) electrons. The fourth-order valence-corrected chi connectivity index (χ4v) is 4.53. The molecule has 198 valence electrons. The molecule has 0 spiro atoms. The van der Waals surface area contributed by atoms with Crippen molar-refractivity contribution < 1.29 is 49.0 Å². The summed E-state index contributed by atoms with van der Waals surface area (Å²) in [6.07, 6.45) is -2.16. The van der Waals surface area contributed by atoms with E-state index in [9.17, 15) is 49.1 Å². The summed E-state index contributed by atoms with van der Waals surface area (Å²) in [6, 6.07) is 4.61. The Labute approximate surface area is 206 Å². The Balaban J connectivity index is 2.23. The lowest BCUT2D eigenvalue weighted by atomic mass is 10.1. The zero-order valence-corrected chi connectivity index (χ0v) is 20.1. The molecule has 3 aromatic rings. The number of carbonyl (C=O) groups excluding carboxylic acids is 1. The van der Waals surface area contributed by atoms with E-state index in [0.29, 0.717) is 10.6 Å². The Morgan fingerprint density at radius 2 is 1.68 bits per heavy atom. The van der Waals surface area contributed by atoms with Gasteiger partial charge in [0.1, 0.15) is 0 Å². The zero-order valence-electron chi connectivity index (χ0n) is 18.5. The number of halogens is 2. The maximum atomic E-state index is 13.6. The predicted molar refractivity (Wildman–Crippen MR) is 119 cm³/mol. The van der Waals surface area contributed by atoms with Gasteiger partial charge in [-0.05, 0) is 35.4 Å². The summed E-state index contributed by atoms with van der Waals surface area (Å²) in [5.41, 5.74) is -3.33. The van der Waals surface area contributed by atoms with Crippen molar-refractivity contribution in [2.75, 3.05) is 7.11 Å². The van der Waals surface area contributed by atoms with Crippen LogP contribution in [0.25, 0.3) is 0 Å². The molecule has 0 aliphatic rings. The van der Waals surface area contributed by atoms with Gasteiger partial charge in [0.25, 0.3) is 25.8 Å². The van der Waals surface area contributed by atoms with Crippen molar-refractivity contribution in [1.29, 1.82) is 0 Å². The molecule has 1 heterocycles. The number of methoxy groups -OCH3 is 1. The molecule has 0 saturated carbocycles. The number of carbonyl (C=O) groups is 1. The second-order valence-electron chi connectivity index (χ2n) is 7.33. The van der Waals surface area contributed by atoms with Gasteiger partial charge in [-0.25, -0.2) is 18.4 Å². The first-order chi connectivity index (χ1) is 17.1. The third-order valence-electron chi connectivity index (χ3n) is 4.90. The van der Waals surface area contributed by atoms with Crippen LogP contribution in [0.3, 0.4) is 0 Å². The molecule has 0 aliphatic heterocycles. The molecule has 3 N–H and O–H groups in total. The first-order valence-electron chi connectivity index (χ1n) is 9.75. The fourth-order valence-electron chi connectivity index (χ4n) is 3.20. The van der Waals surface area contributed by atoms with Gasteiger partial charge in [-0.1, -0.05) is 12.1 Å². The zero-order chi connectivity index (χ0) is 27.7. The molecule has 37 heavy (non-hydrogen) atoms. The normalized spacial score (nSPS) is 11.8. The van der Waals surface area contributed by atoms with Crippen LogP contribution in [0.2, 0.25) is 0 Å². The van der Waals surface area contributed by atoms with E-state index < -0.39 is 89.0 Å². The van der Waals surface area contributed by atoms with Crippen molar-refractivity contribution in [3.05, 3.63) is 85.6 Å². The highest BCUT2D eigenvalue weighted by Gasteiger charge is 2.25. The first kappa shape index (κ1) is 27.7. The molecule has 1 aromatic heterocycles. The van der Waals surface area contributed by atoms with Gasteiger partial charge in [-0.15, -0.1) is 0 Å². The van der Waals surface area contributed by atoms with Crippen molar-refractivity contribution in [1.82, 2.24) is 9.55 Å². The van der Waals surface area contributed by atoms with Crippen LogP contribution in [0.1, 0.15) is 16.7 Å². The smallest absolute Gasteiger partial charge is 0.437 e. The van der Waals surface area contributed by atoms with E-state index in [4.69, 9.17) is 4.74 Å². The van der Waals surface area contributed by atoms with Crippen molar-refractivity contribution >= 4 is 26.4 Å². The molecular weight excluding hydrogens is 546 g/mol. The third-order valence-corrected chi connectivity index (χ3v) is 6.69. The lowest BCUT2D eigenvalue weighted by Gasteiger charge is -2.14. The van der Waals surface area contributed by atoms with E-state index in [1.165, 1.54) is 0 Å². The van der Waals surface area contributed by atoms with E-state index in [1.54, 1.807) is 0 Å². The van der Waals surface area contributed by atoms with Crippen LogP contribution >= 0.6 is 0 Å². The van der Waals surface area contributed by atoms with Gasteiger partial charge < -0.3 is 9.47 Å². The van der Waals surface area contributed by atoms with Crippen LogP contribution in [0.5, 0.6) is 5.88 Å². The number of hydrogen-bond donors (Lipinski definition) is 3. The molecule has 2 aromatic carbocycles. The summed E-state index contributed by atoms with van der Waals surface area (Å²) < 4.78 is 102. The minimum absolute atomic E-state index is 0.0183. The Morgan fingerprint density at radius 3 is 2.24 bits per heavy atom. The summed E-state index contributed by atoms with van der Waals surface area (Å²) in [6.45, 7) is -0.594. The van der Waals surface area contributed by atoms with Gasteiger partial charge in [-0.3, -0.25) is 23.5 Å². The Kier molecular flexibility index (Phi) is 7.63. The van der Waals surface area contributed by atoms with Crippen LogP contribution in [0.4, 0.5) is 13.6 Å². The summed E-state index contributed by atoms with van der Waals surface area (Å²) in [5.74, 6) is -3.22. The number of nitrogens with one attached hydrogen (secondary N) is 1. The summed E-state index contributed by atoms with van der Waals surface area (Å²) in [4.78, 5) is 37.6. The van der Waals surface area contributed by atoms with Gasteiger partial charge in [-0.2, -0.15) is 16.8 Å². The number of ether oxygens (including phenoxy) is 2. The average Bonchev–Trinajstić information content (AvgIpc) is 2.80. The van der Waals surface area contributed by atoms with Gasteiger partial charge in [0.05, 0.1) is 29.0 Å². The molecular formula is C20H16F2N2O11S2. The molecule has 13 nitrogen and oxygen atoms in total. The number of aromatic nitrogens is 2. The van der Waals surface area contributed by atoms with Crippen LogP contribution in [0, 0.1) is 11.6 Å². The van der Waals surface area contributed by atoms with E-state index >= 15 is 0 Å². The molecule has 0 amide bonds. The van der Waals surface area contributed by atoms with Gasteiger partial charge in [0, 0.05) is 6.42 Å². The minimum atomic E-state index is -5.13. The van der Waals surface area contributed by atoms with Gasteiger partial charge in [0.15, 0.2) is 11.6 Å². The average molecular weight is 562 g/mol. The van der Waals surface area contributed by atoms with E-state index in [2.05, 4.69) is 9.72 Å². The third kappa shape index (κ3) is 6.26. The maximum absolute atomic E-state index is 13.6. The molecule has 0 fully saturated rings. The van der Waals surface area contributed by atoms with Crippen LogP contribution < -0.4 is 16.0 Å². The van der Waals surface area contributed by atoms with Crippen molar-refractivity contribution in [2.45, 2.75) is 22.8 Å². The maximum Gasteiger partial charge on any atom is 0.514 e. The Morgan fingerprint density at radius 1 is 1.00 bits per heavy atom. The monoisotopic (exact) mass is 562 g/mol. The molecule has 0 saturated heterocycles. The lowest BCUT2D eigenvalue weighted by Crippen LogP contribution is -2.38. The SMILES string of the molecule is COC(=O)Oc1[nH]c(=O)n(Cc2ccc(F)c(F)c2)c(=O)c1Cc1ccc(S(=O)(=O)O)cc1S(=O)(=O)O. The Hall–Kier alpha value is -3.93. The summed E-state index contributed by atoms with van der Waals surface area (Å²) in [7, 11) is -9.12. The number of nitrogens with zero attached hydrogens (tertiary/aromatic N) is 1. The first-order valence-corrected chi connectivity index (χ1v) is 12.6. The number of hydrogen-bond acceptors (Lipinski definition) is 9. The van der Waals surface area contributed by atoms with Crippen LogP contribution in [-0.2, 0) is 37.9 Å². The molecule has 0 aliphatic carbocycles. The second-order valence-corrected chi connectivity index (χ2v) is 10.1. The van der Waals surface area contributed by atoms with E-state index in [0.717, 1.165) is 37.4 Å². The number of rotatable bonds is 7. The van der Waals surface area contributed by atoms with Crippen LogP contribution in [0.15, 0.2) is 55.8 Å². The highest BCUT2D eigenvalue weighted by atomic mass is 32.2. The topological polar surface area (TPSA) is 199 Å². The predicted octanol–water partition coefficient (Wildman–Crippen LogP) is 1.09. The minimum Gasteiger partial charge on any atom is -0.437 e. The van der Waals surface area contributed by atoms with Crippen molar-refractivity contribution in [3.63, 3.8) is 0 Å². The molecule has 0 bridgehead atoms. The second kappa shape index (κ2) is 10.2. The fraction of sp³-hybridized carbons (Fsp3) is 0.150. The number of aromatic amines is 1. The van der Waals surface area contributed by atoms with Crippen LogP contribution in [-0.4, -0.2) is 48.8 Å². The summed E-state index contributed by atoms with van der Waals surface area (Å²) >= 11 is 0. The molecule has 0 atom stereocenters. The number of H-pyrrole nitrogens is 1. The van der Waals surface area contributed by atoms with Gasteiger partial charge in [0.2, 0.25) is 5.88 Å². The molecule has 17 heteroatoms. The molecule has 0 unspecified atom stereocenters.